The fraction of sp³-hybridized carbons (Fsp3) is 0.650. The molecule has 134 valence electrons. The van der Waals surface area contributed by atoms with Crippen molar-refractivity contribution in [3.05, 3.63) is 35.4 Å². The Hall–Kier alpha value is -1.55. The van der Waals surface area contributed by atoms with Gasteiger partial charge in [-0.05, 0) is 35.8 Å². The monoisotopic (exact) mass is 332 g/mol. The van der Waals surface area contributed by atoms with Crippen molar-refractivity contribution in [3.8, 4) is 0 Å². The van der Waals surface area contributed by atoms with Crippen molar-refractivity contribution in [3.63, 3.8) is 0 Å². The largest absolute Gasteiger partial charge is 0.396 e. The molecular weight excluding hydrogens is 300 g/mol. The van der Waals surface area contributed by atoms with Gasteiger partial charge in [0.25, 0.3) is 0 Å². The molecule has 1 aliphatic heterocycles. The number of hydrogen-bond donors (Lipinski definition) is 2. The lowest BCUT2D eigenvalue weighted by Gasteiger charge is -2.27. The van der Waals surface area contributed by atoms with E-state index in [0.717, 1.165) is 24.9 Å². The molecule has 2 rings (SSSR count). The minimum Gasteiger partial charge on any atom is -0.396 e. The summed E-state index contributed by atoms with van der Waals surface area (Å²) >= 11 is 0. The van der Waals surface area contributed by atoms with Crippen molar-refractivity contribution in [2.45, 2.75) is 52.5 Å². The highest BCUT2D eigenvalue weighted by molar-refractivity contribution is 5.75. The van der Waals surface area contributed by atoms with E-state index < -0.39 is 0 Å². The lowest BCUT2D eigenvalue weighted by molar-refractivity contribution is 0.192. The minimum atomic E-state index is -0.0179. The van der Waals surface area contributed by atoms with Crippen molar-refractivity contribution in [2.24, 2.45) is 11.8 Å². The van der Waals surface area contributed by atoms with E-state index in [1.165, 1.54) is 5.56 Å². The van der Waals surface area contributed by atoms with E-state index in [4.69, 9.17) is 0 Å². The van der Waals surface area contributed by atoms with Crippen LogP contribution in [-0.2, 0) is 0 Å². The molecular formula is C20H32N2O2. The van der Waals surface area contributed by atoms with Crippen LogP contribution < -0.4 is 5.32 Å². The van der Waals surface area contributed by atoms with Gasteiger partial charge in [0.1, 0.15) is 0 Å². The van der Waals surface area contributed by atoms with Gasteiger partial charge in [-0.1, -0.05) is 52.0 Å². The average Bonchev–Trinajstić information content (AvgIpc) is 3.08. The van der Waals surface area contributed by atoms with Crippen LogP contribution in [0.5, 0.6) is 0 Å². The number of benzene rings is 1. The SMILES string of the molecule is CCC(C)c1ccc(C(NC(=O)N2CCC(CO)C2)C(C)C)cc1. The molecule has 2 N–H and O–H groups in total. The zero-order valence-corrected chi connectivity index (χ0v) is 15.5. The number of amides is 2. The zero-order valence-electron chi connectivity index (χ0n) is 15.5. The van der Waals surface area contributed by atoms with Crippen molar-refractivity contribution < 1.29 is 9.90 Å². The third kappa shape index (κ3) is 4.50. The average molecular weight is 332 g/mol. The Balaban J connectivity index is 2.05. The van der Waals surface area contributed by atoms with Crippen LogP contribution in [0, 0.1) is 11.8 Å². The van der Waals surface area contributed by atoms with E-state index in [2.05, 4.69) is 57.3 Å². The van der Waals surface area contributed by atoms with Crippen LogP contribution in [-0.4, -0.2) is 35.7 Å². The maximum Gasteiger partial charge on any atom is 0.317 e. The number of urea groups is 1. The van der Waals surface area contributed by atoms with Crippen molar-refractivity contribution >= 4 is 6.03 Å². The van der Waals surface area contributed by atoms with Crippen LogP contribution >= 0.6 is 0 Å². The molecule has 3 unspecified atom stereocenters. The first kappa shape index (κ1) is 18.8. The molecule has 2 amide bonds. The van der Waals surface area contributed by atoms with Gasteiger partial charge in [-0.25, -0.2) is 4.79 Å². The van der Waals surface area contributed by atoms with Crippen molar-refractivity contribution in [1.82, 2.24) is 10.2 Å². The summed E-state index contributed by atoms with van der Waals surface area (Å²) in [7, 11) is 0. The van der Waals surface area contributed by atoms with Gasteiger partial charge < -0.3 is 15.3 Å². The highest BCUT2D eigenvalue weighted by Gasteiger charge is 2.28. The highest BCUT2D eigenvalue weighted by Crippen LogP contribution is 2.26. The van der Waals surface area contributed by atoms with Gasteiger partial charge in [-0.15, -0.1) is 0 Å². The molecule has 1 heterocycles. The molecule has 0 aromatic heterocycles. The van der Waals surface area contributed by atoms with Gasteiger partial charge in [0, 0.05) is 25.6 Å². The summed E-state index contributed by atoms with van der Waals surface area (Å²) in [5.41, 5.74) is 2.50. The minimum absolute atomic E-state index is 0.0108. The topological polar surface area (TPSA) is 52.6 Å². The summed E-state index contributed by atoms with van der Waals surface area (Å²) in [6.45, 7) is 10.2. The number of likely N-dealkylation sites (tertiary alicyclic amines) is 1. The van der Waals surface area contributed by atoms with Gasteiger partial charge in [0.05, 0.1) is 6.04 Å². The zero-order chi connectivity index (χ0) is 17.7. The van der Waals surface area contributed by atoms with Crippen LogP contribution in [0.2, 0.25) is 0 Å². The maximum atomic E-state index is 12.5. The molecule has 0 saturated carbocycles. The predicted molar refractivity (Wildman–Crippen MR) is 98.0 cm³/mol. The maximum absolute atomic E-state index is 12.5. The second kappa shape index (κ2) is 8.52. The fourth-order valence-electron chi connectivity index (χ4n) is 3.29. The Morgan fingerprint density at radius 2 is 1.88 bits per heavy atom. The number of aliphatic hydroxyl groups excluding tert-OH is 1. The molecule has 3 atom stereocenters. The van der Waals surface area contributed by atoms with Crippen LogP contribution in [0.3, 0.4) is 0 Å². The van der Waals surface area contributed by atoms with E-state index in [9.17, 15) is 9.90 Å². The summed E-state index contributed by atoms with van der Waals surface area (Å²) in [6, 6.07) is 8.65. The van der Waals surface area contributed by atoms with Gasteiger partial charge in [-0.3, -0.25) is 0 Å². The number of carbonyl (C=O) groups is 1. The number of nitrogens with one attached hydrogen (secondary N) is 1. The van der Waals surface area contributed by atoms with Crippen LogP contribution in [0.25, 0.3) is 0 Å². The van der Waals surface area contributed by atoms with Crippen LogP contribution in [0.15, 0.2) is 24.3 Å². The Labute approximate surface area is 146 Å². The highest BCUT2D eigenvalue weighted by atomic mass is 16.3. The number of carbonyl (C=O) groups excluding carboxylic acids is 1. The van der Waals surface area contributed by atoms with Gasteiger partial charge in [-0.2, -0.15) is 0 Å². The Bertz CT molecular complexity index is 527. The third-order valence-electron chi connectivity index (χ3n) is 5.25. The number of rotatable bonds is 6. The number of hydrogen-bond acceptors (Lipinski definition) is 2. The van der Waals surface area contributed by atoms with Gasteiger partial charge in [0.15, 0.2) is 0 Å². The summed E-state index contributed by atoms with van der Waals surface area (Å²) in [5.74, 6) is 1.11. The molecule has 1 fully saturated rings. The quantitative estimate of drug-likeness (QED) is 0.829. The molecule has 0 aliphatic carbocycles. The first-order valence-corrected chi connectivity index (χ1v) is 9.22. The molecule has 1 saturated heterocycles. The predicted octanol–water partition coefficient (Wildman–Crippen LogP) is 3.92. The Morgan fingerprint density at radius 1 is 1.25 bits per heavy atom. The summed E-state index contributed by atoms with van der Waals surface area (Å²) in [5, 5.41) is 12.4. The molecule has 1 aromatic rings. The molecule has 4 nitrogen and oxygen atoms in total. The summed E-state index contributed by atoms with van der Waals surface area (Å²) in [6.07, 6.45) is 2.02. The van der Waals surface area contributed by atoms with E-state index >= 15 is 0 Å². The molecule has 0 spiro atoms. The van der Waals surface area contributed by atoms with Gasteiger partial charge >= 0.3 is 6.03 Å². The van der Waals surface area contributed by atoms with E-state index in [0.29, 0.717) is 18.4 Å². The fourth-order valence-corrected chi connectivity index (χ4v) is 3.29. The Morgan fingerprint density at radius 3 is 2.38 bits per heavy atom. The number of nitrogens with zero attached hydrogens (tertiary/aromatic N) is 1. The van der Waals surface area contributed by atoms with E-state index in [1.54, 1.807) is 0 Å². The first-order valence-electron chi connectivity index (χ1n) is 9.22. The first-order chi connectivity index (χ1) is 11.5. The Kier molecular flexibility index (Phi) is 6.67. The summed E-state index contributed by atoms with van der Waals surface area (Å²) in [4.78, 5) is 14.4. The standard InChI is InChI=1S/C20H32N2O2/c1-5-15(4)17-6-8-18(9-7-17)19(14(2)3)21-20(24)22-11-10-16(12-22)13-23/h6-9,14-16,19,23H,5,10-13H2,1-4H3,(H,21,24). The van der Waals surface area contributed by atoms with Gasteiger partial charge in [0.2, 0.25) is 0 Å². The molecule has 0 bridgehead atoms. The summed E-state index contributed by atoms with van der Waals surface area (Å²) < 4.78 is 0. The van der Waals surface area contributed by atoms with E-state index in [1.807, 2.05) is 4.90 Å². The van der Waals surface area contributed by atoms with Crippen molar-refractivity contribution in [2.75, 3.05) is 19.7 Å². The lowest BCUT2D eigenvalue weighted by atomic mass is 9.92. The van der Waals surface area contributed by atoms with Crippen LogP contribution in [0.1, 0.15) is 63.6 Å². The second-order valence-electron chi connectivity index (χ2n) is 7.43. The molecule has 1 aromatic carbocycles. The van der Waals surface area contributed by atoms with Crippen molar-refractivity contribution in [1.29, 1.82) is 0 Å². The molecule has 0 radical (unpaired) electrons. The van der Waals surface area contributed by atoms with E-state index in [-0.39, 0.29) is 24.6 Å². The number of aliphatic hydroxyl groups is 1. The normalized spacial score (nSPS) is 20.2. The smallest absolute Gasteiger partial charge is 0.317 e. The molecule has 1 aliphatic rings. The third-order valence-corrected chi connectivity index (χ3v) is 5.25. The van der Waals surface area contributed by atoms with Crippen LogP contribution in [0.4, 0.5) is 4.79 Å². The lowest BCUT2D eigenvalue weighted by Crippen LogP contribution is -2.42. The second-order valence-corrected chi connectivity index (χ2v) is 7.43. The molecule has 4 heteroatoms. The molecule has 24 heavy (non-hydrogen) atoms.